The van der Waals surface area contributed by atoms with Crippen LogP contribution in [-0.2, 0) is 17.8 Å². The lowest BCUT2D eigenvalue weighted by Crippen LogP contribution is -2.47. The number of carbonyl (C=O) groups excluding carboxylic acids is 1. The molecule has 4 heteroatoms. The first-order chi connectivity index (χ1) is 9.61. The van der Waals surface area contributed by atoms with Gasteiger partial charge in [0.15, 0.2) is 0 Å². The van der Waals surface area contributed by atoms with Crippen LogP contribution >= 0.6 is 0 Å². The van der Waals surface area contributed by atoms with E-state index in [9.17, 15) is 4.79 Å². The van der Waals surface area contributed by atoms with E-state index in [-0.39, 0.29) is 11.9 Å². The summed E-state index contributed by atoms with van der Waals surface area (Å²) < 4.78 is 0. The first kappa shape index (κ1) is 14.9. The minimum atomic E-state index is -0.0820. The third kappa shape index (κ3) is 3.51. The molecule has 0 saturated heterocycles. The molecule has 110 valence electrons. The van der Waals surface area contributed by atoms with Crippen molar-refractivity contribution >= 4 is 11.6 Å². The van der Waals surface area contributed by atoms with Gasteiger partial charge in [0.25, 0.3) is 0 Å². The summed E-state index contributed by atoms with van der Waals surface area (Å²) in [5, 5.41) is 3.01. The van der Waals surface area contributed by atoms with E-state index in [2.05, 4.69) is 23.2 Å². The highest BCUT2D eigenvalue weighted by Crippen LogP contribution is 2.22. The van der Waals surface area contributed by atoms with Crippen LogP contribution in [0.15, 0.2) is 18.2 Å². The standard InChI is InChI=1S/C16H25N3O/c1-3-4-8-18-16(20)12(2)19-9-7-13-5-6-15(17)10-14(13)11-19/h5-6,10,12H,3-4,7-9,11,17H2,1-2H3,(H,18,20). The van der Waals surface area contributed by atoms with E-state index in [4.69, 9.17) is 5.73 Å². The molecule has 0 aromatic heterocycles. The maximum absolute atomic E-state index is 12.1. The Labute approximate surface area is 121 Å². The summed E-state index contributed by atoms with van der Waals surface area (Å²) in [6.07, 6.45) is 3.13. The Morgan fingerprint density at radius 1 is 1.45 bits per heavy atom. The SMILES string of the molecule is CCCCNC(=O)C(C)N1CCc2ccc(N)cc2C1. The summed E-state index contributed by atoms with van der Waals surface area (Å²) in [5.41, 5.74) is 9.25. The van der Waals surface area contributed by atoms with Gasteiger partial charge in [-0.1, -0.05) is 19.4 Å². The van der Waals surface area contributed by atoms with E-state index in [1.54, 1.807) is 0 Å². The van der Waals surface area contributed by atoms with Gasteiger partial charge in [0.2, 0.25) is 5.91 Å². The molecule has 1 atom stereocenters. The predicted octanol–water partition coefficient (Wildman–Crippen LogP) is 1.93. The van der Waals surface area contributed by atoms with Gasteiger partial charge in [-0.25, -0.2) is 0 Å². The second-order valence-electron chi connectivity index (χ2n) is 5.57. The second kappa shape index (κ2) is 6.75. The van der Waals surface area contributed by atoms with Gasteiger partial charge in [0.05, 0.1) is 6.04 Å². The zero-order chi connectivity index (χ0) is 14.5. The number of rotatable bonds is 5. The molecule has 1 aromatic carbocycles. The first-order valence-electron chi connectivity index (χ1n) is 7.51. The Bertz CT molecular complexity index is 473. The van der Waals surface area contributed by atoms with Crippen LogP contribution in [-0.4, -0.2) is 29.9 Å². The summed E-state index contributed by atoms with van der Waals surface area (Å²) in [5.74, 6) is 0.130. The lowest BCUT2D eigenvalue weighted by molar-refractivity contribution is -0.126. The van der Waals surface area contributed by atoms with Crippen LogP contribution < -0.4 is 11.1 Å². The van der Waals surface area contributed by atoms with Crippen LogP contribution in [0.25, 0.3) is 0 Å². The first-order valence-corrected chi connectivity index (χ1v) is 7.51. The third-order valence-electron chi connectivity index (χ3n) is 4.03. The quantitative estimate of drug-likeness (QED) is 0.638. The highest BCUT2D eigenvalue weighted by atomic mass is 16.2. The van der Waals surface area contributed by atoms with E-state index >= 15 is 0 Å². The minimum absolute atomic E-state index is 0.0820. The number of hydrogen-bond acceptors (Lipinski definition) is 3. The van der Waals surface area contributed by atoms with Crippen LogP contribution in [0.1, 0.15) is 37.8 Å². The van der Waals surface area contributed by atoms with Crippen molar-refractivity contribution in [2.24, 2.45) is 0 Å². The van der Waals surface area contributed by atoms with Crippen molar-refractivity contribution in [2.45, 2.75) is 45.7 Å². The number of nitrogens with zero attached hydrogens (tertiary/aromatic N) is 1. The predicted molar refractivity (Wildman–Crippen MR) is 82.3 cm³/mol. The van der Waals surface area contributed by atoms with Gasteiger partial charge >= 0.3 is 0 Å². The zero-order valence-corrected chi connectivity index (χ0v) is 12.5. The van der Waals surface area contributed by atoms with E-state index in [1.807, 2.05) is 19.1 Å². The van der Waals surface area contributed by atoms with Crippen molar-refractivity contribution in [2.75, 3.05) is 18.8 Å². The average Bonchev–Trinajstić information content (AvgIpc) is 2.45. The molecule has 4 nitrogen and oxygen atoms in total. The number of fused-ring (bicyclic) bond motifs is 1. The third-order valence-corrected chi connectivity index (χ3v) is 4.03. The Hall–Kier alpha value is -1.55. The molecule has 1 aromatic rings. The van der Waals surface area contributed by atoms with Crippen molar-refractivity contribution in [3.63, 3.8) is 0 Å². The fourth-order valence-corrected chi connectivity index (χ4v) is 2.63. The molecule has 3 N–H and O–H groups in total. The molecule has 0 radical (unpaired) electrons. The summed E-state index contributed by atoms with van der Waals surface area (Å²) in [6, 6.07) is 6.01. The van der Waals surface area contributed by atoms with E-state index in [1.165, 1.54) is 11.1 Å². The Kier molecular flexibility index (Phi) is 5.01. The molecule has 20 heavy (non-hydrogen) atoms. The van der Waals surface area contributed by atoms with Gasteiger partial charge in [0, 0.05) is 25.3 Å². The van der Waals surface area contributed by atoms with Crippen molar-refractivity contribution < 1.29 is 4.79 Å². The van der Waals surface area contributed by atoms with Crippen LogP contribution in [0, 0.1) is 0 Å². The van der Waals surface area contributed by atoms with Crippen molar-refractivity contribution in [1.82, 2.24) is 10.2 Å². The second-order valence-corrected chi connectivity index (χ2v) is 5.57. The molecule has 1 aliphatic heterocycles. The number of hydrogen-bond donors (Lipinski definition) is 2. The fourth-order valence-electron chi connectivity index (χ4n) is 2.63. The number of nitrogens with one attached hydrogen (secondary N) is 1. The molecule has 1 heterocycles. The monoisotopic (exact) mass is 275 g/mol. The van der Waals surface area contributed by atoms with Crippen LogP contribution in [0.5, 0.6) is 0 Å². The number of benzene rings is 1. The maximum atomic E-state index is 12.1. The van der Waals surface area contributed by atoms with Gasteiger partial charge in [0.1, 0.15) is 0 Å². The summed E-state index contributed by atoms with van der Waals surface area (Å²) in [6.45, 7) is 6.62. The smallest absolute Gasteiger partial charge is 0.237 e. The molecule has 2 rings (SSSR count). The maximum Gasteiger partial charge on any atom is 0.237 e. The fraction of sp³-hybridized carbons (Fsp3) is 0.562. The van der Waals surface area contributed by atoms with Crippen molar-refractivity contribution in [3.05, 3.63) is 29.3 Å². The number of carbonyl (C=O) groups is 1. The van der Waals surface area contributed by atoms with Gasteiger partial charge in [-0.05, 0) is 43.0 Å². The number of nitrogens with two attached hydrogens (primary N) is 1. The van der Waals surface area contributed by atoms with Gasteiger partial charge < -0.3 is 11.1 Å². The molecule has 0 saturated carbocycles. The lowest BCUT2D eigenvalue weighted by Gasteiger charge is -2.33. The number of amides is 1. The molecule has 0 fully saturated rings. The van der Waals surface area contributed by atoms with Crippen LogP contribution in [0.4, 0.5) is 5.69 Å². The zero-order valence-electron chi connectivity index (χ0n) is 12.5. The van der Waals surface area contributed by atoms with Gasteiger partial charge in [-0.3, -0.25) is 9.69 Å². The van der Waals surface area contributed by atoms with Crippen molar-refractivity contribution in [3.8, 4) is 0 Å². The topological polar surface area (TPSA) is 58.4 Å². The molecular weight excluding hydrogens is 250 g/mol. The van der Waals surface area contributed by atoms with Gasteiger partial charge in [-0.15, -0.1) is 0 Å². The summed E-state index contributed by atoms with van der Waals surface area (Å²) in [7, 11) is 0. The normalized spacial score (nSPS) is 16.5. The van der Waals surface area contributed by atoms with Crippen LogP contribution in [0.2, 0.25) is 0 Å². The molecule has 0 spiro atoms. The molecule has 0 aliphatic carbocycles. The Morgan fingerprint density at radius 3 is 3.00 bits per heavy atom. The Morgan fingerprint density at radius 2 is 2.25 bits per heavy atom. The molecule has 1 aliphatic rings. The van der Waals surface area contributed by atoms with E-state index < -0.39 is 0 Å². The molecule has 0 bridgehead atoms. The van der Waals surface area contributed by atoms with Crippen molar-refractivity contribution in [1.29, 1.82) is 0 Å². The number of unbranched alkanes of at least 4 members (excludes halogenated alkanes) is 1. The molecule has 1 unspecified atom stereocenters. The average molecular weight is 275 g/mol. The highest BCUT2D eigenvalue weighted by molar-refractivity contribution is 5.81. The van der Waals surface area contributed by atoms with E-state index in [0.717, 1.165) is 44.6 Å². The van der Waals surface area contributed by atoms with E-state index in [0.29, 0.717) is 0 Å². The molecule has 1 amide bonds. The largest absolute Gasteiger partial charge is 0.399 e. The lowest BCUT2D eigenvalue weighted by atomic mass is 9.98. The molecular formula is C16H25N3O. The van der Waals surface area contributed by atoms with Crippen LogP contribution in [0.3, 0.4) is 0 Å². The Balaban J connectivity index is 1.95. The minimum Gasteiger partial charge on any atom is -0.399 e. The number of anilines is 1. The number of nitrogen functional groups attached to an aromatic ring is 1. The highest BCUT2D eigenvalue weighted by Gasteiger charge is 2.25. The summed E-state index contributed by atoms with van der Waals surface area (Å²) in [4.78, 5) is 14.3. The summed E-state index contributed by atoms with van der Waals surface area (Å²) >= 11 is 0. The van der Waals surface area contributed by atoms with Gasteiger partial charge in [-0.2, -0.15) is 0 Å².